The van der Waals surface area contributed by atoms with E-state index in [1.807, 2.05) is 11.3 Å². The third kappa shape index (κ3) is 6.95. The molecule has 9 aromatic rings. The number of nitrogens with zero attached hydrogens (tertiary/aromatic N) is 3. The summed E-state index contributed by atoms with van der Waals surface area (Å²) in [5.41, 5.74) is 25.1. The van der Waals surface area contributed by atoms with Crippen LogP contribution in [-0.4, -0.2) is 11.3 Å². The highest BCUT2D eigenvalue weighted by atomic mass is 32.1. The van der Waals surface area contributed by atoms with Crippen LogP contribution in [0.2, 0.25) is 0 Å². The molecule has 0 N–H and O–H groups in total. The minimum atomic E-state index is -0.113. The number of rotatable bonds is 4. The fourth-order valence-electron chi connectivity index (χ4n) is 12.8. The van der Waals surface area contributed by atoms with E-state index in [-0.39, 0.29) is 33.8 Å². The van der Waals surface area contributed by atoms with Gasteiger partial charge >= 0.3 is 0 Å². The van der Waals surface area contributed by atoms with Crippen molar-refractivity contribution in [2.45, 2.75) is 151 Å². The molecular formula is C67H72BN3S. The zero-order valence-electron chi connectivity index (χ0n) is 45.8. The van der Waals surface area contributed by atoms with Crippen LogP contribution in [0.1, 0.15) is 147 Å². The lowest BCUT2D eigenvalue weighted by Crippen LogP contribution is -2.60. The van der Waals surface area contributed by atoms with Gasteiger partial charge in [0.1, 0.15) is 4.83 Å². The van der Waals surface area contributed by atoms with Crippen LogP contribution < -0.4 is 26.2 Å². The molecule has 3 nitrogen and oxygen atoms in total. The van der Waals surface area contributed by atoms with Gasteiger partial charge in [0.25, 0.3) is 6.71 Å². The van der Waals surface area contributed by atoms with Gasteiger partial charge in [0, 0.05) is 60.7 Å². The number of aryl methyl sites for hydroxylation is 3. The van der Waals surface area contributed by atoms with Gasteiger partial charge in [-0.3, -0.25) is 0 Å². The maximum Gasteiger partial charge on any atom is 0.252 e. The van der Waals surface area contributed by atoms with E-state index in [1.165, 1.54) is 133 Å². The monoisotopic (exact) mass is 962 g/mol. The Hall–Kier alpha value is -6.04. The Morgan fingerprint density at radius 2 is 1.10 bits per heavy atom. The van der Waals surface area contributed by atoms with Crippen LogP contribution in [0, 0.1) is 20.8 Å². The molecule has 1 aliphatic carbocycles. The molecule has 0 fully saturated rings. The molecule has 2 aliphatic heterocycles. The van der Waals surface area contributed by atoms with E-state index in [0.29, 0.717) is 0 Å². The summed E-state index contributed by atoms with van der Waals surface area (Å²) in [6, 6.07) is 48.3. The molecule has 0 saturated heterocycles. The highest BCUT2D eigenvalue weighted by Gasteiger charge is 2.45. The van der Waals surface area contributed by atoms with Crippen LogP contribution in [-0.2, 0) is 27.1 Å². The van der Waals surface area contributed by atoms with Crippen molar-refractivity contribution in [1.82, 2.24) is 4.57 Å². The fraction of sp³-hybridized carbons (Fsp3) is 0.343. The zero-order valence-corrected chi connectivity index (χ0v) is 46.6. The van der Waals surface area contributed by atoms with Crippen LogP contribution in [0.15, 0.2) is 121 Å². The van der Waals surface area contributed by atoms with Crippen LogP contribution >= 0.6 is 11.3 Å². The number of para-hydroxylation sites is 1. The molecule has 12 rings (SSSR count). The molecule has 0 unspecified atom stereocenters. The van der Waals surface area contributed by atoms with Crippen LogP contribution in [0.25, 0.3) is 36.9 Å². The summed E-state index contributed by atoms with van der Waals surface area (Å²) in [6.45, 7) is 38.0. The van der Waals surface area contributed by atoms with E-state index >= 15 is 0 Å². The lowest BCUT2D eigenvalue weighted by atomic mass is 9.33. The van der Waals surface area contributed by atoms with Gasteiger partial charge in [-0.2, -0.15) is 0 Å². The largest absolute Gasteiger partial charge is 0.311 e. The Morgan fingerprint density at radius 3 is 1.71 bits per heavy atom. The molecule has 4 heterocycles. The van der Waals surface area contributed by atoms with E-state index in [1.54, 1.807) is 0 Å². The molecule has 0 radical (unpaired) electrons. The topological polar surface area (TPSA) is 11.4 Å². The molecule has 0 atom stereocenters. The highest BCUT2D eigenvalue weighted by molar-refractivity contribution is 7.26. The van der Waals surface area contributed by atoms with E-state index in [2.05, 4.69) is 246 Å². The Bertz CT molecular complexity index is 3700. The Kier molecular flexibility index (Phi) is 10.1. The summed E-state index contributed by atoms with van der Waals surface area (Å²) in [7, 11) is 0. The molecule has 5 heteroatoms. The van der Waals surface area contributed by atoms with Gasteiger partial charge in [0.05, 0.1) is 5.52 Å². The summed E-state index contributed by atoms with van der Waals surface area (Å²) in [6.07, 6.45) is 2.35. The molecule has 0 saturated carbocycles. The van der Waals surface area contributed by atoms with Crippen LogP contribution in [0.3, 0.4) is 0 Å². The quantitative estimate of drug-likeness (QED) is 0.163. The smallest absolute Gasteiger partial charge is 0.252 e. The van der Waals surface area contributed by atoms with Crippen molar-refractivity contribution in [1.29, 1.82) is 0 Å². The summed E-state index contributed by atoms with van der Waals surface area (Å²) >= 11 is 1.94. The second-order valence-electron chi connectivity index (χ2n) is 26.3. The van der Waals surface area contributed by atoms with Crippen molar-refractivity contribution in [2.75, 3.05) is 9.80 Å². The fourth-order valence-corrected chi connectivity index (χ4v) is 14.1. The maximum absolute atomic E-state index is 2.72. The standard InChI is InChI=1S/C67H72BN3S/c1-39-32-42(63(4,5)6)24-28-52(39)69(53-29-25-43(33-40(53)2)64(7,8)9)45-26-27-50-55(37-45)70(54-38-49-48(34-41(54)3)66(13,14)30-31-67(49,15)16)56-35-44(65(10,11)12)36-57-60(56)68(50)51-22-19-21-47-59-46-20-17-18-23-58(46)72-62(59)71(57)61(47)51/h17-29,32-38H,30-31H2,1-16H3. The van der Waals surface area contributed by atoms with Crippen molar-refractivity contribution < 1.29 is 0 Å². The lowest BCUT2D eigenvalue weighted by molar-refractivity contribution is 0.332. The summed E-state index contributed by atoms with van der Waals surface area (Å²) in [4.78, 5) is 6.62. The van der Waals surface area contributed by atoms with Crippen LogP contribution in [0.5, 0.6) is 0 Å². The predicted molar refractivity (Wildman–Crippen MR) is 316 cm³/mol. The number of hydrogen-bond acceptors (Lipinski definition) is 3. The second kappa shape index (κ2) is 15.5. The minimum Gasteiger partial charge on any atom is -0.311 e. The summed E-state index contributed by atoms with van der Waals surface area (Å²) in [5.74, 6) is 0. The van der Waals surface area contributed by atoms with Crippen molar-refractivity contribution in [3.63, 3.8) is 0 Å². The first-order chi connectivity index (χ1) is 33.8. The number of aromatic nitrogens is 1. The Labute approximate surface area is 434 Å². The second-order valence-corrected chi connectivity index (χ2v) is 27.4. The molecule has 0 amide bonds. The average Bonchev–Trinajstić information content (AvgIpc) is 3.85. The maximum atomic E-state index is 2.72. The van der Waals surface area contributed by atoms with Crippen molar-refractivity contribution >= 4 is 99.8 Å². The number of thiophene rings is 1. The van der Waals surface area contributed by atoms with Gasteiger partial charge < -0.3 is 14.4 Å². The highest BCUT2D eigenvalue weighted by Crippen LogP contribution is 2.53. The molecule has 7 aromatic carbocycles. The Morgan fingerprint density at radius 1 is 0.514 bits per heavy atom. The molecule has 364 valence electrons. The first-order valence-corrected chi connectivity index (χ1v) is 27.4. The number of hydrogen-bond donors (Lipinski definition) is 0. The van der Waals surface area contributed by atoms with Gasteiger partial charge in [-0.05, 0) is 170 Å². The summed E-state index contributed by atoms with van der Waals surface area (Å²) < 4.78 is 4.01. The van der Waals surface area contributed by atoms with Crippen molar-refractivity contribution in [3.05, 3.63) is 166 Å². The third-order valence-corrected chi connectivity index (χ3v) is 18.4. The van der Waals surface area contributed by atoms with Gasteiger partial charge in [0.2, 0.25) is 0 Å². The van der Waals surface area contributed by atoms with Gasteiger partial charge in [-0.15, -0.1) is 11.3 Å². The predicted octanol–water partition coefficient (Wildman–Crippen LogP) is 17.2. The van der Waals surface area contributed by atoms with Crippen LogP contribution in [0.4, 0.5) is 34.1 Å². The first kappa shape index (κ1) is 47.0. The molecule has 0 bridgehead atoms. The van der Waals surface area contributed by atoms with E-state index in [9.17, 15) is 0 Å². The average molecular weight is 962 g/mol. The van der Waals surface area contributed by atoms with E-state index in [0.717, 1.165) is 12.1 Å². The Balaban J connectivity index is 1.20. The SMILES string of the molecule is Cc1cc(C(C)(C)C)ccc1N(c1ccc2c(c1)N(c1cc3c(cc1C)C(C)(C)CCC3(C)C)c1cc(C(C)(C)C)cc3c1B2c1cccc2c4c5ccccc5sc4n-3c12)c1ccc(C(C)(C)C)cc1C. The molecule has 72 heavy (non-hydrogen) atoms. The molecule has 3 aliphatic rings. The third-order valence-electron chi connectivity index (χ3n) is 17.3. The normalized spacial score (nSPS) is 15.8. The van der Waals surface area contributed by atoms with Gasteiger partial charge in [-0.25, -0.2) is 0 Å². The first-order valence-electron chi connectivity index (χ1n) is 26.6. The molecule has 0 spiro atoms. The number of benzene rings is 7. The lowest BCUT2D eigenvalue weighted by Gasteiger charge is -2.45. The molecular weight excluding hydrogens is 890 g/mol. The van der Waals surface area contributed by atoms with E-state index in [4.69, 9.17) is 0 Å². The number of fused-ring (bicyclic) bond motifs is 10. The van der Waals surface area contributed by atoms with Crippen molar-refractivity contribution in [2.24, 2.45) is 0 Å². The van der Waals surface area contributed by atoms with Gasteiger partial charge in [-0.1, -0.05) is 163 Å². The van der Waals surface area contributed by atoms with E-state index < -0.39 is 0 Å². The van der Waals surface area contributed by atoms with Gasteiger partial charge in [0.15, 0.2) is 0 Å². The molecule has 2 aromatic heterocycles. The minimum absolute atomic E-state index is 0.0261. The zero-order chi connectivity index (χ0) is 50.9. The number of anilines is 6. The summed E-state index contributed by atoms with van der Waals surface area (Å²) in [5, 5.41) is 4.07. The van der Waals surface area contributed by atoms with Crippen molar-refractivity contribution in [3.8, 4) is 5.69 Å².